The maximum atomic E-state index is 14.5. The van der Waals surface area contributed by atoms with Crippen LogP contribution in [0.5, 0.6) is 11.6 Å². The Labute approximate surface area is 260 Å². The fourth-order valence-electron chi connectivity index (χ4n) is 4.17. The molecule has 18 heteroatoms. The average molecular weight is 681 g/mol. The van der Waals surface area contributed by atoms with Gasteiger partial charge in [-0.3, -0.25) is 4.72 Å². The van der Waals surface area contributed by atoms with Crippen molar-refractivity contribution in [2.45, 2.75) is 58.1 Å². The van der Waals surface area contributed by atoms with Crippen molar-refractivity contribution >= 4 is 50.7 Å². The number of piperidine rings is 1. The number of aryl methyl sites for hydroxylation is 1. The summed E-state index contributed by atoms with van der Waals surface area (Å²) < 4.78 is 89.0. The Morgan fingerprint density at radius 2 is 1.91 bits per heavy atom. The maximum Gasteiger partial charge on any atom is 0.410 e. The fraction of sp³-hybridized carbons (Fsp3) is 0.462. The Balaban J connectivity index is 1.49. The van der Waals surface area contributed by atoms with Crippen LogP contribution in [-0.2, 0) is 14.8 Å². The molecule has 1 saturated heterocycles. The van der Waals surface area contributed by atoms with Crippen LogP contribution in [0, 0.1) is 6.92 Å². The molecule has 3 heterocycles. The van der Waals surface area contributed by atoms with Crippen LogP contribution in [0.3, 0.4) is 0 Å². The number of alkyl halides is 4. The Morgan fingerprint density at radius 1 is 1.18 bits per heavy atom. The monoisotopic (exact) mass is 680 g/mol. The number of nitrogens with zero attached hydrogens (tertiary/aromatic N) is 4. The number of carbonyl (C=O) groups excluding carboxylic acids is 1. The van der Waals surface area contributed by atoms with Gasteiger partial charge in [-0.1, -0.05) is 11.6 Å². The van der Waals surface area contributed by atoms with Crippen molar-refractivity contribution in [3.63, 3.8) is 0 Å². The molecule has 3 aromatic rings. The Morgan fingerprint density at radius 3 is 2.57 bits per heavy atom. The van der Waals surface area contributed by atoms with Crippen molar-refractivity contribution in [3.8, 4) is 22.2 Å². The molecule has 0 aliphatic carbocycles. The third-order valence-electron chi connectivity index (χ3n) is 5.75. The van der Waals surface area contributed by atoms with Gasteiger partial charge in [0.2, 0.25) is 21.9 Å². The smallest absolute Gasteiger partial charge is 0.410 e. The largest absolute Gasteiger partial charge is 0.444 e. The van der Waals surface area contributed by atoms with Crippen LogP contribution in [0.4, 0.5) is 34.0 Å². The molecule has 2 aromatic heterocycles. The van der Waals surface area contributed by atoms with E-state index in [1.54, 1.807) is 33.8 Å². The van der Waals surface area contributed by atoms with Gasteiger partial charge in [0.05, 0.1) is 28.0 Å². The van der Waals surface area contributed by atoms with Crippen LogP contribution in [0.2, 0.25) is 5.02 Å². The summed E-state index contributed by atoms with van der Waals surface area (Å²) in [7, 11) is -4.74. The lowest BCUT2D eigenvalue weighted by atomic mass is 10.0. The molecule has 2 N–H and O–H groups in total. The molecular weight excluding hydrogens is 652 g/mol. The van der Waals surface area contributed by atoms with E-state index in [1.807, 2.05) is 4.72 Å². The van der Waals surface area contributed by atoms with E-state index < -0.39 is 45.9 Å². The van der Waals surface area contributed by atoms with Crippen LogP contribution in [-0.4, -0.2) is 77.2 Å². The predicted molar refractivity (Wildman–Crippen MR) is 158 cm³/mol. The topological polar surface area (TPSA) is 136 Å². The van der Waals surface area contributed by atoms with Crippen molar-refractivity contribution in [1.29, 1.82) is 0 Å². The molecule has 1 aliphatic rings. The minimum Gasteiger partial charge on any atom is -0.444 e. The van der Waals surface area contributed by atoms with Crippen molar-refractivity contribution in [1.82, 2.24) is 19.9 Å². The zero-order valence-electron chi connectivity index (χ0n) is 23.9. The standard InChI is InChI=1S/C26H29ClF4N6O5S2/c1-14-33-22(41-17-5-6-19(18(27)10-17)36-44(39,40)13-26(29,30)31)21(43-14)20-7-8-32-23(35-20)34-16-9-15(28)11-37(12-16)24(38)42-25(2,3)4/h5-8,10,15-16,36H,9,11-13H2,1-4H3,(H,32,34,35)/t15-,16-/m0/s1. The summed E-state index contributed by atoms with van der Waals surface area (Å²) in [5.41, 5.74) is -0.565. The van der Waals surface area contributed by atoms with E-state index in [-0.39, 0.29) is 47.8 Å². The van der Waals surface area contributed by atoms with Gasteiger partial charge in [-0.25, -0.2) is 32.6 Å². The van der Waals surface area contributed by atoms with Crippen molar-refractivity contribution in [2.24, 2.45) is 0 Å². The second-order valence-electron chi connectivity index (χ2n) is 10.9. The quantitative estimate of drug-likeness (QED) is 0.259. The number of benzene rings is 1. The number of likely N-dealkylation sites (tertiary alicyclic amines) is 1. The van der Waals surface area contributed by atoms with E-state index in [9.17, 15) is 30.8 Å². The van der Waals surface area contributed by atoms with Crippen LogP contribution in [0.1, 0.15) is 32.2 Å². The van der Waals surface area contributed by atoms with E-state index in [1.165, 1.54) is 40.6 Å². The number of sulfonamides is 1. The number of rotatable bonds is 8. The number of hydrogen-bond acceptors (Lipinski definition) is 10. The summed E-state index contributed by atoms with van der Waals surface area (Å²) in [4.78, 5) is 27.4. The Kier molecular flexibility index (Phi) is 9.80. The molecule has 0 saturated carbocycles. The van der Waals surface area contributed by atoms with E-state index in [2.05, 4.69) is 20.3 Å². The molecule has 240 valence electrons. The summed E-state index contributed by atoms with van der Waals surface area (Å²) in [6.07, 6.45) is -5.20. The van der Waals surface area contributed by atoms with Gasteiger partial charge in [0.25, 0.3) is 0 Å². The number of anilines is 2. The number of ether oxygens (including phenoxy) is 2. The van der Waals surface area contributed by atoms with E-state index in [0.717, 1.165) is 0 Å². The number of carbonyl (C=O) groups is 1. The first-order chi connectivity index (χ1) is 20.4. The van der Waals surface area contributed by atoms with Crippen LogP contribution >= 0.6 is 22.9 Å². The van der Waals surface area contributed by atoms with Gasteiger partial charge < -0.3 is 19.7 Å². The highest BCUT2D eigenvalue weighted by molar-refractivity contribution is 7.92. The number of halogens is 5. The molecule has 44 heavy (non-hydrogen) atoms. The molecule has 11 nitrogen and oxygen atoms in total. The zero-order valence-corrected chi connectivity index (χ0v) is 26.3. The molecule has 1 aromatic carbocycles. The van der Waals surface area contributed by atoms with Crippen molar-refractivity contribution in [3.05, 3.63) is 40.5 Å². The summed E-state index contributed by atoms with van der Waals surface area (Å²) >= 11 is 7.38. The average Bonchev–Trinajstić information content (AvgIpc) is 3.23. The summed E-state index contributed by atoms with van der Waals surface area (Å²) in [6, 6.07) is 4.83. The first-order valence-electron chi connectivity index (χ1n) is 13.1. The number of thiazole rings is 1. The summed E-state index contributed by atoms with van der Waals surface area (Å²) in [5.74, 6) is -1.62. The van der Waals surface area contributed by atoms with E-state index >= 15 is 0 Å². The highest BCUT2D eigenvalue weighted by atomic mass is 35.5. The molecule has 0 radical (unpaired) electrons. The van der Waals surface area contributed by atoms with Gasteiger partial charge in [0.1, 0.15) is 22.4 Å². The Hall–Kier alpha value is -3.44. The lowest BCUT2D eigenvalue weighted by molar-refractivity contribution is -0.106. The maximum absolute atomic E-state index is 14.5. The predicted octanol–water partition coefficient (Wildman–Crippen LogP) is 6.42. The highest BCUT2D eigenvalue weighted by Crippen LogP contribution is 2.39. The normalized spacial score (nSPS) is 17.7. The van der Waals surface area contributed by atoms with Crippen LogP contribution in [0.15, 0.2) is 30.5 Å². The van der Waals surface area contributed by atoms with Gasteiger partial charge >= 0.3 is 12.3 Å². The van der Waals surface area contributed by atoms with Gasteiger partial charge in [0, 0.05) is 31.3 Å². The number of aromatic nitrogens is 3. The lowest BCUT2D eigenvalue weighted by Gasteiger charge is -2.36. The number of nitrogens with one attached hydrogen (secondary N) is 2. The first kappa shape index (κ1) is 33.5. The van der Waals surface area contributed by atoms with Gasteiger partial charge in [-0.05, 0) is 45.9 Å². The molecule has 1 aliphatic heterocycles. The van der Waals surface area contributed by atoms with Crippen LogP contribution < -0.4 is 14.8 Å². The third-order valence-corrected chi connectivity index (χ3v) is 8.28. The molecule has 1 fully saturated rings. The van der Waals surface area contributed by atoms with Crippen molar-refractivity contribution in [2.75, 3.05) is 28.9 Å². The SMILES string of the molecule is Cc1nc(Oc2ccc(NS(=O)(=O)CC(F)(F)F)c(Cl)c2)c(-c2ccnc(N[C@H]3C[C@H](F)CN(C(=O)OC(C)(C)C)C3)n2)s1. The minimum atomic E-state index is -4.93. The molecule has 2 atom stereocenters. The van der Waals surface area contributed by atoms with E-state index in [4.69, 9.17) is 21.1 Å². The number of hydrogen-bond donors (Lipinski definition) is 2. The van der Waals surface area contributed by atoms with Gasteiger partial charge in [-0.15, -0.1) is 11.3 Å². The second-order valence-corrected chi connectivity index (χ2v) is 14.2. The minimum absolute atomic E-state index is 0.0841. The van der Waals surface area contributed by atoms with Crippen LogP contribution in [0.25, 0.3) is 10.6 Å². The molecule has 1 amide bonds. The van der Waals surface area contributed by atoms with Gasteiger partial charge in [0.15, 0.2) is 5.75 Å². The molecule has 0 bridgehead atoms. The Bertz CT molecular complexity index is 1620. The highest BCUT2D eigenvalue weighted by Gasteiger charge is 2.36. The fourth-order valence-corrected chi connectivity index (χ4v) is 6.27. The summed E-state index contributed by atoms with van der Waals surface area (Å²) in [6.45, 7) is 7.02. The molecule has 4 rings (SSSR count). The lowest BCUT2D eigenvalue weighted by Crippen LogP contribution is -2.51. The number of amides is 1. The van der Waals surface area contributed by atoms with Gasteiger partial charge in [-0.2, -0.15) is 13.2 Å². The second kappa shape index (κ2) is 12.9. The third kappa shape index (κ3) is 9.53. The molecule has 0 spiro atoms. The van der Waals surface area contributed by atoms with E-state index in [0.29, 0.717) is 15.6 Å². The summed E-state index contributed by atoms with van der Waals surface area (Å²) in [5, 5.41) is 3.50. The van der Waals surface area contributed by atoms with Crippen molar-refractivity contribution < 1.29 is 40.2 Å². The molecular formula is C26H29ClF4N6O5S2. The zero-order chi connectivity index (χ0) is 32.4. The first-order valence-corrected chi connectivity index (χ1v) is 15.9. The molecule has 0 unspecified atom stereocenters.